The fraction of sp³-hybridized carbons (Fsp3) is 0.818. The van der Waals surface area contributed by atoms with Crippen LogP contribution in [0.2, 0.25) is 0 Å². The molecule has 0 bridgehead atoms. The van der Waals surface area contributed by atoms with E-state index in [0.717, 1.165) is 23.8 Å². The lowest BCUT2D eigenvalue weighted by Crippen LogP contribution is -2.58. The van der Waals surface area contributed by atoms with Gasteiger partial charge in [0.05, 0.1) is 0 Å². The zero-order valence-electron chi connectivity index (χ0n) is 10.4. The third kappa shape index (κ3) is 2.88. The van der Waals surface area contributed by atoms with Crippen LogP contribution in [-0.2, 0) is 4.79 Å². The van der Waals surface area contributed by atoms with Gasteiger partial charge in [0.25, 0.3) is 0 Å². The van der Waals surface area contributed by atoms with Crippen molar-refractivity contribution in [1.29, 1.82) is 0 Å². The number of thioether (sulfide) groups is 2. The topological polar surface area (TPSA) is 60.9 Å². The predicted molar refractivity (Wildman–Crippen MR) is 74.3 cm³/mol. The van der Waals surface area contributed by atoms with Gasteiger partial charge in [0.1, 0.15) is 6.04 Å². The van der Waals surface area contributed by atoms with Gasteiger partial charge < -0.3 is 14.9 Å². The van der Waals surface area contributed by atoms with Crippen LogP contribution in [0.4, 0.5) is 4.79 Å². The number of amides is 2. The predicted octanol–water partition coefficient (Wildman–Crippen LogP) is 1.05. The first-order valence-electron chi connectivity index (χ1n) is 6.07. The number of carbonyl (C=O) groups is 2. The molecule has 0 aromatic heterocycles. The van der Waals surface area contributed by atoms with Gasteiger partial charge in [-0.3, -0.25) is 0 Å². The van der Waals surface area contributed by atoms with E-state index in [4.69, 9.17) is 0 Å². The molecule has 0 aliphatic carbocycles. The van der Waals surface area contributed by atoms with Crippen LogP contribution in [0.1, 0.15) is 6.92 Å². The standard InChI is InChI=1S/C11H18N2O3S2/c1-8-6-17-4-2-12(8)11(16)13-3-5-18-7-9(13)10(14)15/h8-9H,2-7H2,1H3,(H,14,15). The summed E-state index contributed by atoms with van der Waals surface area (Å²) in [6.45, 7) is 3.29. The normalized spacial score (nSPS) is 29.2. The zero-order valence-corrected chi connectivity index (χ0v) is 12.0. The van der Waals surface area contributed by atoms with Gasteiger partial charge in [-0.05, 0) is 6.92 Å². The van der Waals surface area contributed by atoms with Crippen molar-refractivity contribution in [2.24, 2.45) is 0 Å². The van der Waals surface area contributed by atoms with Crippen LogP contribution in [-0.4, -0.2) is 75.1 Å². The Morgan fingerprint density at radius 3 is 2.33 bits per heavy atom. The smallest absolute Gasteiger partial charge is 0.327 e. The van der Waals surface area contributed by atoms with Crippen molar-refractivity contribution in [2.45, 2.75) is 19.0 Å². The first-order chi connectivity index (χ1) is 8.61. The zero-order chi connectivity index (χ0) is 13.1. The molecule has 0 radical (unpaired) electrons. The number of carboxylic acid groups (broad SMARTS) is 1. The number of carboxylic acids is 1. The van der Waals surface area contributed by atoms with Crippen molar-refractivity contribution in [3.63, 3.8) is 0 Å². The lowest BCUT2D eigenvalue weighted by atomic mass is 10.2. The van der Waals surface area contributed by atoms with Gasteiger partial charge in [0.2, 0.25) is 0 Å². The molecular weight excluding hydrogens is 272 g/mol. The molecule has 2 atom stereocenters. The van der Waals surface area contributed by atoms with E-state index < -0.39 is 12.0 Å². The molecular formula is C11H18N2O3S2. The maximum atomic E-state index is 12.4. The number of rotatable bonds is 1. The van der Waals surface area contributed by atoms with Crippen LogP contribution in [0.25, 0.3) is 0 Å². The fourth-order valence-corrected chi connectivity index (χ4v) is 4.27. The minimum absolute atomic E-state index is 0.101. The van der Waals surface area contributed by atoms with E-state index in [1.165, 1.54) is 4.90 Å². The molecule has 0 aromatic carbocycles. The van der Waals surface area contributed by atoms with Crippen molar-refractivity contribution >= 4 is 35.5 Å². The molecule has 2 fully saturated rings. The van der Waals surface area contributed by atoms with Gasteiger partial charge in [-0.25, -0.2) is 9.59 Å². The van der Waals surface area contributed by atoms with Gasteiger partial charge in [0.15, 0.2) is 0 Å². The van der Waals surface area contributed by atoms with Gasteiger partial charge >= 0.3 is 12.0 Å². The van der Waals surface area contributed by atoms with E-state index in [9.17, 15) is 14.7 Å². The Morgan fingerprint density at radius 2 is 1.72 bits per heavy atom. The van der Waals surface area contributed by atoms with Crippen molar-refractivity contribution < 1.29 is 14.7 Å². The Balaban J connectivity index is 2.07. The molecule has 18 heavy (non-hydrogen) atoms. The van der Waals surface area contributed by atoms with Crippen LogP contribution in [0.3, 0.4) is 0 Å². The Bertz CT molecular complexity index is 340. The SMILES string of the molecule is CC1CSCCN1C(=O)N1CCSCC1C(=O)O. The molecule has 1 N–H and O–H groups in total. The number of hydrogen-bond donors (Lipinski definition) is 1. The van der Waals surface area contributed by atoms with E-state index in [0.29, 0.717) is 12.3 Å². The molecule has 2 saturated heterocycles. The second-order valence-corrected chi connectivity index (χ2v) is 6.82. The van der Waals surface area contributed by atoms with E-state index in [-0.39, 0.29) is 12.1 Å². The fourth-order valence-electron chi connectivity index (χ4n) is 2.21. The molecule has 102 valence electrons. The molecule has 5 nitrogen and oxygen atoms in total. The minimum Gasteiger partial charge on any atom is -0.480 e. The summed E-state index contributed by atoms with van der Waals surface area (Å²) in [4.78, 5) is 27.0. The second-order valence-electron chi connectivity index (χ2n) is 4.52. The molecule has 2 aliphatic heterocycles. The summed E-state index contributed by atoms with van der Waals surface area (Å²) >= 11 is 3.45. The highest BCUT2D eigenvalue weighted by Gasteiger charge is 2.36. The summed E-state index contributed by atoms with van der Waals surface area (Å²) in [5.41, 5.74) is 0. The van der Waals surface area contributed by atoms with Crippen LogP contribution < -0.4 is 0 Å². The Morgan fingerprint density at radius 1 is 1.11 bits per heavy atom. The molecule has 2 rings (SSSR count). The van der Waals surface area contributed by atoms with Crippen molar-refractivity contribution in [2.75, 3.05) is 36.1 Å². The lowest BCUT2D eigenvalue weighted by molar-refractivity contribution is -0.141. The Kier molecular flexibility index (Phi) is 4.66. The highest BCUT2D eigenvalue weighted by molar-refractivity contribution is 7.99. The number of carbonyl (C=O) groups excluding carboxylic acids is 1. The Labute approximate surface area is 115 Å². The molecule has 0 spiro atoms. The summed E-state index contributed by atoms with van der Waals surface area (Å²) in [7, 11) is 0. The summed E-state index contributed by atoms with van der Waals surface area (Å²) in [5, 5.41) is 9.19. The molecule has 0 saturated carbocycles. The number of urea groups is 1. The average molecular weight is 290 g/mol. The summed E-state index contributed by atoms with van der Waals surface area (Å²) in [6, 6.07) is -0.575. The van der Waals surface area contributed by atoms with Crippen LogP contribution in [0.15, 0.2) is 0 Å². The van der Waals surface area contributed by atoms with E-state index >= 15 is 0 Å². The third-order valence-electron chi connectivity index (χ3n) is 3.27. The van der Waals surface area contributed by atoms with Crippen LogP contribution in [0.5, 0.6) is 0 Å². The first kappa shape index (κ1) is 13.9. The van der Waals surface area contributed by atoms with Gasteiger partial charge in [-0.1, -0.05) is 0 Å². The summed E-state index contributed by atoms with van der Waals surface area (Å²) in [6.07, 6.45) is 0. The van der Waals surface area contributed by atoms with Gasteiger partial charge in [0, 0.05) is 42.1 Å². The summed E-state index contributed by atoms with van der Waals surface area (Å²) in [5.74, 6) is 2.31. The Hall–Kier alpha value is -0.560. The molecule has 2 heterocycles. The molecule has 2 unspecified atom stereocenters. The maximum Gasteiger partial charge on any atom is 0.327 e. The number of nitrogens with zero attached hydrogens (tertiary/aromatic N) is 2. The van der Waals surface area contributed by atoms with E-state index in [2.05, 4.69) is 0 Å². The van der Waals surface area contributed by atoms with E-state index in [1.54, 1.807) is 11.8 Å². The molecule has 2 amide bonds. The highest BCUT2D eigenvalue weighted by atomic mass is 32.2. The first-order valence-corrected chi connectivity index (χ1v) is 8.37. The van der Waals surface area contributed by atoms with Gasteiger partial charge in [-0.2, -0.15) is 23.5 Å². The van der Waals surface area contributed by atoms with Crippen LogP contribution in [0, 0.1) is 0 Å². The van der Waals surface area contributed by atoms with Crippen molar-refractivity contribution in [3.05, 3.63) is 0 Å². The van der Waals surface area contributed by atoms with Crippen molar-refractivity contribution in [1.82, 2.24) is 9.80 Å². The monoisotopic (exact) mass is 290 g/mol. The third-order valence-corrected chi connectivity index (χ3v) is 5.48. The highest BCUT2D eigenvalue weighted by Crippen LogP contribution is 2.22. The second kappa shape index (κ2) is 6.06. The quantitative estimate of drug-likeness (QED) is 0.782. The molecule has 2 aliphatic rings. The lowest BCUT2D eigenvalue weighted by Gasteiger charge is -2.40. The van der Waals surface area contributed by atoms with Gasteiger partial charge in [-0.15, -0.1) is 0 Å². The molecule has 7 heteroatoms. The molecule has 0 aromatic rings. The number of hydrogen-bond acceptors (Lipinski definition) is 4. The maximum absolute atomic E-state index is 12.4. The van der Waals surface area contributed by atoms with E-state index in [1.807, 2.05) is 23.6 Å². The summed E-state index contributed by atoms with van der Waals surface area (Å²) < 4.78 is 0. The minimum atomic E-state index is -0.894. The van der Waals surface area contributed by atoms with Crippen LogP contribution >= 0.6 is 23.5 Å². The largest absolute Gasteiger partial charge is 0.480 e. The van der Waals surface area contributed by atoms with Crippen molar-refractivity contribution in [3.8, 4) is 0 Å². The number of aliphatic carboxylic acids is 1. The average Bonchev–Trinajstić information content (AvgIpc) is 2.38.